The molecule has 60 valence electrons. The zero-order valence-corrected chi connectivity index (χ0v) is 8.76. The van der Waals surface area contributed by atoms with Crippen molar-refractivity contribution in [3.63, 3.8) is 0 Å². The maximum atomic E-state index is 6.06. The minimum Gasteiger partial charge on any atom is -0.321 e. The maximum absolute atomic E-state index is 6.06. The molecule has 2 N–H and O–H groups in total. The molecule has 0 aliphatic heterocycles. The summed E-state index contributed by atoms with van der Waals surface area (Å²) in [7, 11) is 0. The van der Waals surface area contributed by atoms with Crippen LogP contribution in [0.4, 0.5) is 0 Å². The quantitative estimate of drug-likeness (QED) is 0.791. The highest BCUT2D eigenvalue weighted by atomic mass is 79.9. The first kappa shape index (κ1) is 7.77. The molecule has 2 rings (SSSR count). The lowest BCUT2D eigenvalue weighted by molar-refractivity contribution is 0.740. The van der Waals surface area contributed by atoms with Gasteiger partial charge in [-0.3, -0.25) is 0 Å². The van der Waals surface area contributed by atoms with Gasteiger partial charge in [0.25, 0.3) is 0 Å². The zero-order valence-electron chi connectivity index (χ0n) is 6.36. The van der Waals surface area contributed by atoms with Gasteiger partial charge in [0, 0.05) is 10.4 Å². The standard InChI is InChI=1S/C8H10BrNS/c1-5-4-6(7(9)11-5)8(10)2-3-8/h4H,2-3,10H2,1H3. The fourth-order valence-corrected chi connectivity index (χ4v) is 3.34. The molecule has 1 aromatic heterocycles. The van der Waals surface area contributed by atoms with Crippen LogP contribution in [0.1, 0.15) is 23.3 Å². The molecule has 0 radical (unpaired) electrons. The van der Waals surface area contributed by atoms with E-state index in [1.165, 1.54) is 14.2 Å². The van der Waals surface area contributed by atoms with Gasteiger partial charge in [0.1, 0.15) is 0 Å². The summed E-state index contributed by atoms with van der Waals surface area (Å²) in [6.45, 7) is 2.12. The lowest BCUT2D eigenvalue weighted by Gasteiger charge is -2.05. The van der Waals surface area contributed by atoms with Crippen molar-refractivity contribution in [1.82, 2.24) is 0 Å². The number of hydrogen-bond acceptors (Lipinski definition) is 2. The highest BCUT2D eigenvalue weighted by Crippen LogP contribution is 2.47. The summed E-state index contributed by atoms with van der Waals surface area (Å²) in [6, 6.07) is 2.20. The van der Waals surface area contributed by atoms with E-state index in [4.69, 9.17) is 5.73 Å². The second-order valence-electron chi connectivity index (χ2n) is 3.20. The predicted molar refractivity (Wildman–Crippen MR) is 51.9 cm³/mol. The third-order valence-electron chi connectivity index (χ3n) is 2.14. The summed E-state index contributed by atoms with van der Waals surface area (Å²) in [4.78, 5) is 1.34. The second-order valence-corrected chi connectivity index (χ2v) is 5.77. The van der Waals surface area contributed by atoms with Crippen molar-refractivity contribution in [3.8, 4) is 0 Å². The van der Waals surface area contributed by atoms with Crippen LogP contribution in [0.2, 0.25) is 0 Å². The van der Waals surface area contributed by atoms with Crippen LogP contribution in [0, 0.1) is 6.92 Å². The summed E-state index contributed by atoms with van der Waals surface area (Å²) in [5.74, 6) is 0. The maximum Gasteiger partial charge on any atom is 0.0751 e. The van der Waals surface area contributed by atoms with Gasteiger partial charge in [-0.05, 0) is 47.3 Å². The van der Waals surface area contributed by atoms with Crippen LogP contribution in [-0.2, 0) is 5.54 Å². The molecule has 1 nitrogen and oxygen atoms in total. The summed E-state index contributed by atoms with van der Waals surface area (Å²) in [5.41, 5.74) is 7.38. The number of hydrogen-bond donors (Lipinski definition) is 1. The van der Waals surface area contributed by atoms with Gasteiger partial charge in [-0.2, -0.15) is 0 Å². The minimum absolute atomic E-state index is 0.0175. The number of rotatable bonds is 1. The van der Waals surface area contributed by atoms with Crippen molar-refractivity contribution < 1.29 is 0 Å². The van der Waals surface area contributed by atoms with E-state index >= 15 is 0 Å². The Morgan fingerprint density at radius 1 is 1.64 bits per heavy atom. The highest BCUT2D eigenvalue weighted by molar-refractivity contribution is 9.11. The van der Waals surface area contributed by atoms with Gasteiger partial charge in [-0.15, -0.1) is 11.3 Å². The van der Waals surface area contributed by atoms with Gasteiger partial charge >= 0.3 is 0 Å². The Morgan fingerprint density at radius 3 is 2.64 bits per heavy atom. The van der Waals surface area contributed by atoms with Gasteiger partial charge in [-0.1, -0.05) is 0 Å². The van der Waals surface area contributed by atoms with Crippen LogP contribution in [0.15, 0.2) is 9.85 Å². The first-order valence-corrected chi connectivity index (χ1v) is 5.28. The summed E-state index contributed by atoms with van der Waals surface area (Å²) in [6.07, 6.45) is 2.28. The average molecular weight is 232 g/mol. The van der Waals surface area contributed by atoms with Crippen LogP contribution in [0.5, 0.6) is 0 Å². The molecule has 0 bridgehead atoms. The third-order valence-corrected chi connectivity index (χ3v) is 3.89. The molecule has 1 fully saturated rings. The average Bonchev–Trinajstić information content (AvgIpc) is 2.55. The molecule has 1 saturated carbocycles. The molecule has 0 atom stereocenters. The molecule has 1 aliphatic carbocycles. The van der Waals surface area contributed by atoms with Gasteiger partial charge in [0.05, 0.1) is 3.79 Å². The fourth-order valence-electron chi connectivity index (χ4n) is 1.23. The molecular formula is C8H10BrNS. The van der Waals surface area contributed by atoms with Crippen molar-refractivity contribution in [2.24, 2.45) is 5.73 Å². The number of aryl methyl sites for hydroxylation is 1. The molecule has 11 heavy (non-hydrogen) atoms. The molecule has 1 heterocycles. The first-order valence-electron chi connectivity index (χ1n) is 3.67. The Labute approximate surface area is 78.7 Å². The molecule has 1 aliphatic rings. The van der Waals surface area contributed by atoms with Crippen LogP contribution in [0.25, 0.3) is 0 Å². The first-order chi connectivity index (χ1) is 5.12. The lowest BCUT2D eigenvalue weighted by Crippen LogP contribution is -2.17. The normalized spacial score (nSPS) is 20.3. The second kappa shape index (κ2) is 2.31. The van der Waals surface area contributed by atoms with E-state index in [1.807, 2.05) is 0 Å². The van der Waals surface area contributed by atoms with Crippen molar-refractivity contribution in [3.05, 3.63) is 20.3 Å². The predicted octanol–water partition coefficient (Wildman–Crippen LogP) is 2.77. The molecule has 0 spiro atoms. The number of nitrogens with two attached hydrogens (primary N) is 1. The van der Waals surface area contributed by atoms with E-state index < -0.39 is 0 Å². The Morgan fingerprint density at radius 2 is 2.27 bits per heavy atom. The summed E-state index contributed by atoms with van der Waals surface area (Å²) >= 11 is 5.30. The van der Waals surface area contributed by atoms with Gasteiger partial charge in [-0.25, -0.2) is 0 Å². The molecule has 3 heteroatoms. The van der Waals surface area contributed by atoms with Gasteiger partial charge in [0.15, 0.2) is 0 Å². The Kier molecular flexibility index (Phi) is 1.63. The molecule has 0 saturated heterocycles. The summed E-state index contributed by atoms with van der Waals surface area (Å²) in [5, 5.41) is 0. The van der Waals surface area contributed by atoms with Crippen LogP contribution >= 0.6 is 27.3 Å². The Balaban J connectivity index is 2.44. The monoisotopic (exact) mass is 231 g/mol. The molecule has 0 amide bonds. The highest BCUT2D eigenvalue weighted by Gasteiger charge is 2.42. The third kappa shape index (κ3) is 1.25. The van der Waals surface area contributed by atoms with Crippen LogP contribution in [0.3, 0.4) is 0 Å². The van der Waals surface area contributed by atoms with Crippen molar-refractivity contribution in [2.75, 3.05) is 0 Å². The van der Waals surface area contributed by atoms with E-state index in [-0.39, 0.29) is 5.54 Å². The van der Waals surface area contributed by atoms with Crippen molar-refractivity contribution in [1.29, 1.82) is 0 Å². The van der Waals surface area contributed by atoms with Crippen LogP contribution in [-0.4, -0.2) is 0 Å². The molecule has 0 unspecified atom stereocenters. The van der Waals surface area contributed by atoms with E-state index in [0.717, 1.165) is 12.8 Å². The Hall–Kier alpha value is 0.140. The van der Waals surface area contributed by atoms with Crippen molar-refractivity contribution >= 4 is 27.3 Å². The van der Waals surface area contributed by atoms with E-state index in [9.17, 15) is 0 Å². The molecule has 0 aromatic carbocycles. The van der Waals surface area contributed by atoms with Gasteiger partial charge in [0.2, 0.25) is 0 Å². The topological polar surface area (TPSA) is 26.0 Å². The smallest absolute Gasteiger partial charge is 0.0751 e. The SMILES string of the molecule is Cc1cc(C2(N)CC2)c(Br)s1. The summed E-state index contributed by atoms with van der Waals surface area (Å²) < 4.78 is 1.22. The largest absolute Gasteiger partial charge is 0.321 e. The fraction of sp³-hybridized carbons (Fsp3) is 0.500. The van der Waals surface area contributed by atoms with Gasteiger partial charge < -0.3 is 5.73 Å². The Bertz CT molecular complexity index is 288. The van der Waals surface area contributed by atoms with E-state index in [0.29, 0.717) is 0 Å². The van der Waals surface area contributed by atoms with E-state index in [1.54, 1.807) is 11.3 Å². The van der Waals surface area contributed by atoms with Crippen molar-refractivity contribution in [2.45, 2.75) is 25.3 Å². The zero-order chi connectivity index (χ0) is 8.06. The van der Waals surface area contributed by atoms with Crippen LogP contribution < -0.4 is 5.73 Å². The van der Waals surface area contributed by atoms with E-state index in [2.05, 4.69) is 28.9 Å². The number of halogens is 1. The minimum atomic E-state index is 0.0175. The lowest BCUT2D eigenvalue weighted by atomic mass is 10.1. The molecule has 1 aromatic rings. The molecular weight excluding hydrogens is 222 g/mol. The number of thiophene rings is 1.